The van der Waals surface area contributed by atoms with Crippen LogP contribution in [-0.2, 0) is 4.79 Å². The molecule has 2 aromatic rings. The Hall–Kier alpha value is -0.780. The molecule has 2 nitrogen and oxygen atoms in total. The number of rotatable bonds is 2. The molecule has 0 bridgehead atoms. The largest absolute Gasteiger partial charge is 0.295 e. The van der Waals surface area contributed by atoms with Crippen molar-refractivity contribution in [1.29, 1.82) is 0 Å². The van der Waals surface area contributed by atoms with E-state index in [4.69, 9.17) is 0 Å². The predicted molar refractivity (Wildman–Crippen MR) is 91.0 cm³/mol. The minimum absolute atomic E-state index is 0.0271. The Bertz CT molecular complexity index is 645. The molecule has 1 atom stereocenters. The Morgan fingerprint density at radius 1 is 1.05 bits per heavy atom. The standard InChI is InChI=1S/C15H11Br2NOS/c16-10-5-7-11(8-6-10)18-14(19)9-20-15(18)12-3-1-2-4-13(12)17/h1-8,15H,9H2/t15-/m0/s1. The fraction of sp³-hybridized carbons (Fsp3) is 0.133. The molecule has 102 valence electrons. The van der Waals surface area contributed by atoms with Gasteiger partial charge in [-0.25, -0.2) is 0 Å². The topological polar surface area (TPSA) is 20.3 Å². The number of halogens is 2. The van der Waals surface area contributed by atoms with Crippen LogP contribution in [0.3, 0.4) is 0 Å². The van der Waals surface area contributed by atoms with Crippen molar-refractivity contribution in [2.75, 3.05) is 10.7 Å². The van der Waals surface area contributed by atoms with Gasteiger partial charge in [0.25, 0.3) is 0 Å². The van der Waals surface area contributed by atoms with E-state index in [0.29, 0.717) is 5.75 Å². The van der Waals surface area contributed by atoms with Crippen molar-refractivity contribution in [1.82, 2.24) is 0 Å². The van der Waals surface area contributed by atoms with Crippen LogP contribution in [0.5, 0.6) is 0 Å². The molecule has 2 aromatic carbocycles. The van der Waals surface area contributed by atoms with Gasteiger partial charge in [-0.15, -0.1) is 11.8 Å². The third kappa shape index (κ3) is 2.67. The first-order valence-electron chi connectivity index (χ1n) is 6.10. The van der Waals surface area contributed by atoms with E-state index in [0.717, 1.165) is 20.2 Å². The van der Waals surface area contributed by atoms with Gasteiger partial charge in [0.1, 0.15) is 5.37 Å². The highest BCUT2D eigenvalue weighted by Gasteiger charge is 2.34. The summed E-state index contributed by atoms with van der Waals surface area (Å²) < 4.78 is 2.05. The quantitative estimate of drug-likeness (QED) is 0.692. The SMILES string of the molecule is O=C1CS[C@@H](c2ccccc2Br)N1c1ccc(Br)cc1. The molecule has 1 amide bonds. The molecule has 0 aliphatic carbocycles. The molecule has 0 aromatic heterocycles. The molecule has 1 aliphatic rings. The highest BCUT2D eigenvalue weighted by Crippen LogP contribution is 2.44. The smallest absolute Gasteiger partial charge is 0.238 e. The summed E-state index contributed by atoms with van der Waals surface area (Å²) in [6.07, 6.45) is 0. The lowest BCUT2D eigenvalue weighted by atomic mass is 10.2. The summed E-state index contributed by atoms with van der Waals surface area (Å²) in [5, 5.41) is 0.0271. The van der Waals surface area contributed by atoms with Gasteiger partial charge in [-0.1, -0.05) is 50.1 Å². The molecule has 0 saturated carbocycles. The third-order valence-electron chi connectivity index (χ3n) is 3.14. The molecule has 1 fully saturated rings. The van der Waals surface area contributed by atoms with Crippen LogP contribution in [-0.4, -0.2) is 11.7 Å². The average molecular weight is 413 g/mol. The number of thioether (sulfide) groups is 1. The maximum Gasteiger partial charge on any atom is 0.238 e. The van der Waals surface area contributed by atoms with E-state index in [1.807, 2.05) is 47.4 Å². The van der Waals surface area contributed by atoms with E-state index >= 15 is 0 Å². The van der Waals surface area contributed by atoms with E-state index in [1.54, 1.807) is 11.8 Å². The number of nitrogens with zero attached hydrogens (tertiary/aromatic N) is 1. The summed E-state index contributed by atoms with van der Waals surface area (Å²) in [6, 6.07) is 15.9. The van der Waals surface area contributed by atoms with Gasteiger partial charge in [-0.3, -0.25) is 9.69 Å². The molecular formula is C15H11Br2NOS. The first-order valence-corrected chi connectivity index (χ1v) is 8.74. The highest BCUT2D eigenvalue weighted by atomic mass is 79.9. The fourth-order valence-electron chi connectivity index (χ4n) is 2.21. The van der Waals surface area contributed by atoms with Crippen molar-refractivity contribution in [3.05, 3.63) is 63.0 Å². The van der Waals surface area contributed by atoms with Crippen molar-refractivity contribution >= 4 is 55.2 Å². The van der Waals surface area contributed by atoms with Gasteiger partial charge in [0, 0.05) is 14.6 Å². The zero-order valence-electron chi connectivity index (χ0n) is 10.4. The van der Waals surface area contributed by atoms with E-state index in [2.05, 4.69) is 37.9 Å². The molecule has 3 rings (SSSR count). The van der Waals surface area contributed by atoms with E-state index < -0.39 is 0 Å². The molecule has 0 unspecified atom stereocenters. The number of hydrogen-bond acceptors (Lipinski definition) is 2. The third-order valence-corrected chi connectivity index (χ3v) is 5.59. The second-order valence-electron chi connectivity index (χ2n) is 4.43. The van der Waals surface area contributed by atoms with Crippen molar-refractivity contribution in [3.63, 3.8) is 0 Å². The molecule has 0 radical (unpaired) electrons. The van der Waals surface area contributed by atoms with E-state index in [9.17, 15) is 4.79 Å². The molecule has 1 aliphatic heterocycles. The van der Waals surface area contributed by atoms with Crippen molar-refractivity contribution in [2.45, 2.75) is 5.37 Å². The summed E-state index contributed by atoms with van der Waals surface area (Å²) in [5.41, 5.74) is 2.07. The first-order chi connectivity index (χ1) is 9.66. The van der Waals surface area contributed by atoms with Crippen LogP contribution in [0.1, 0.15) is 10.9 Å². The van der Waals surface area contributed by atoms with Crippen molar-refractivity contribution < 1.29 is 4.79 Å². The second kappa shape index (κ2) is 5.92. The summed E-state index contributed by atoms with van der Waals surface area (Å²) >= 11 is 8.66. The zero-order valence-corrected chi connectivity index (χ0v) is 14.4. The van der Waals surface area contributed by atoms with Crippen LogP contribution in [0.4, 0.5) is 5.69 Å². The van der Waals surface area contributed by atoms with E-state index in [1.165, 1.54) is 0 Å². The van der Waals surface area contributed by atoms with Gasteiger partial charge < -0.3 is 0 Å². The fourth-order valence-corrected chi connectivity index (χ4v) is 4.34. The second-order valence-corrected chi connectivity index (χ2v) is 7.26. The summed E-state index contributed by atoms with van der Waals surface area (Å²) in [5.74, 6) is 0.667. The number of anilines is 1. The number of amides is 1. The minimum Gasteiger partial charge on any atom is -0.295 e. The van der Waals surface area contributed by atoms with Crippen LogP contribution in [0.15, 0.2) is 57.5 Å². The maximum absolute atomic E-state index is 12.2. The van der Waals surface area contributed by atoms with Crippen LogP contribution >= 0.6 is 43.6 Å². The molecule has 5 heteroatoms. The number of benzene rings is 2. The Morgan fingerprint density at radius 2 is 1.75 bits per heavy atom. The van der Waals surface area contributed by atoms with Gasteiger partial charge in [0.2, 0.25) is 5.91 Å². The van der Waals surface area contributed by atoms with Crippen molar-refractivity contribution in [3.8, 4) is 0 Å². The van der Waals surface area contributed by atoms with Gasteiger partial charge in [-0.05, 0) is 35.9 Å². The number of hydrogen-bond donors (Lipinski definition) is 0. The Morgan fingerprint density at radius 3 is 2.45 bits per heavy atom. The lowest BCUT2D eigenvalue weighted by molar-refractivity contribution is -0.115. The number of carbonyl (C=O) groups excluding carboxylic acids is 1. The Balaban J connectivity index is 2.01. The molecule has 0 spiro atoms. The van der Waals surface area contributed by atoms with Crippen LogP contribution in [0.25, 0.3) is 0 Å². The minimum atomic E-state index is 0.0271. The highest BCUT2D eigenvalue weighted by molar-refractivity contribution is 9.10. The molecule has 20 heavy (non-hydrogen) atoms. The Kier molecular flexibility index (Phi) is 4.19. The van der Waals surface area contributed by atoms with Gasteiger partial charge >= 0.3 is 0 Å². The summed E-state index contributed by atoms with van der Waals surface area (Å²) in [4.78, 5) is 14.1. The Labute approximate surface area is 138 Å². The maximum atomic E-state index is 12.2. The normalized spacial score (nSPS) is 18.6. The monoisotopic (exact) mass is 411 g/mol. The average Bonchev–Trinajstić information content (AvgIpc) is 2.82. The van der Waals surface area contributed by atoms with Crippen LogP contribution in [0.2, 0.25) is 0 Å². The van der Waals surface area contributed by atoms with Crippen LogP contribution < -0.4 is 4.90 Å². The molecule has 1 heterocycles. The summed E-state index contributed by atoms with van der Waals surface area (Å²) in [7, 11) is 0. The lowest BCUT2D eigenvalue weighted by Crippen LogP contribution is -2.27. The molecule has 0 N–H and O–H groups in total. The van der Waals surface area contributed by atoms with Gasteiger partial charge in [-0.2, -0.15) is 0 Å². The van der Waals surface area contributed by atoms with Gasteiger partial charge in [0.15, 0.2) is 0 Å². The summed E-state index contributed by atoms with van der Waals surface area (Å²) in [6.45, 7) is 0. The van der Waals surface area contributed by atoms with Crippen LogP contribution in [0, 0.1) is 0 Å². The van der Waals surface area contributed by atoms with E-state index in [-0.39, 0.29) is 11.3 Å². The van der Waals surface area contributed by atoms with Crippen molar-refractivity contribution in [2.24, 2.45) is 0 Å². The predicted octanol–water partition coefficient (Wildman–Crippen LogP) is 4.99. The zero-order chi connectivity index (χ0) is 14.1. The molecular weight excluding hydrogens is 402 g/mol. The lowest BCUT2D eigenvalue weighted by Gasteiger charge is -2.25. The first kappa shape index (κ1) is 14.2. The number of carbonyl (C=O) groups is 1. The van der Waals surface area contributed by atoms with Gasteiger partial charge in [0.05, 0.1) is 5.75 Å². The molecule has 1 saturated heterocycles.